The third-order valence-electron chi connectivity index (χ3n) is 3.52. The van der Waals surface area contributed by atoms with Crippen LogP contribution in [0.3, 0.4) is 0 Å². The van der Waals surface area contributed by atoms with Crippen LogP contribution < -0.4 is 0 Å². The molecule has 2 heteroatoms. The van der Waals surface area contributed by atoms with Gasteiger partial charge in [-0.3, -0.25) is 4.79 Å². The number of carbonyl (C=O) groups excluding carboxylic acids is 1. The number of benzene rings is 1. The molecule has 1 aromatic heterocycles. The summed E-state index contributed by atoms with van der Waals surface area (Å²) in [6.07, 6.45) is 9.03. The summed E-state index contributed by atoms with van der Waals surface area (Å²) < 4.78 is 2.13. The maximum absolute atomic E-state index is 11.8. The highest BCUT2D eigenvalue weighted by Gasteiger charge is 2.05. The van der Waals surface area contributed by atoms with Crippen molar-refractivity contribution in [3.05, 3.63) is 59.9 Å². The van der Waals surface area contributed by atoms with E-state index in [1.165, 1.54) is 12.0 Å². The second-order valence-corrected chi connectivity index (χ2v) is 5.25. The molecule has 0 saturated heterocycles. The number of hydrogen-bond acceptors (Lipinski definition) is 1. The van der Waals surface area contributed by atoms with Gasteiger partial charge in [0.05, 0.1) is 0 Å². The molecule has 2 rings (SSSR count). The average Bonchev–Trinajstić information content (AvgIpc) is 2.94. The topological polar surface area (TPSA) is 22.0 Å². The van der Waals surface area contributed by atoms with Crippen molar-refractivity contribution in [3.63, 3.8) is 0 Å². The van der Waals surface area contributed by atoms with Crippen molar-refractivity contribution in [1.29, 1.82) is 0 Å². The Bertz CT molecular complexity index is 527. The van der Waals surface area contributed by atoms with Crippen LogP contribution in [-0.2, 0) is 13.0 Å². The van der Waals surface area contributed by atoms with Crippen LogP contribution in [0.1, 0.15) is 48.5 Å². The van der Waals surface area contributed by atoms with Crippen molar-refractivity contribution < 1.29 is 4.79 Å². The molecule has 1 aromatic carbocycles. The molecule has 2 aromatic rings. The van der Waals surface area contributed by atoms with Crippen LogP contribution in [-0.4, -0.2) is 10.4 Å². The summed E-state index contributed by atoms with van der Waals surface area (Å²) in [6.45, 7) is 3.03. The molecule has 0 aliphatic heterocycles. The molecule has 0 aliphatic rings. The molecular weight excluding hydrogens is 246 g/mol. The van der Waals surface area contributed by atoms with Gasteiger partial charge in [0, 0.05) is 30.9 Å². The van der Waals surface area contributed by atoms with Gasteiger partial charge >= 0.3 is 0 Å². The van der Waals surface area contributed by atoms with Gasteiger partial charge in [-0.15, -0.1) is 0 Å². The molecule has 20 heavy (non-hydrogen) atoms. The molecule has 0 unspecified atom stereocenters. The number of carbonyl (C=O) groups is 1. The minimum atomic E-state index is 0.260. The number of ketones is 1. The number of aryl methyl sites for hydroxylation is 2. The van der Waals surface area contributed by atoms with Crippen molar-refractivity contribution in [3.8, 4) is 0 Å². The Morgan fingerprint density at radius 1 is 1.10 bits per heavy atom. The largest absolute Gasteiger partial charge is 0.354 e. The third kappa shape index (κ3) is 4.37. The van der Waals surface area contributed by atoms with Crippen LogP contribution in [0.15, 0.2) is 48.8 Å². The fourth-order valence-corrected chi connectivity index (χ4v) is 2.38. The molecule has 106 valence electrons. The van der Waals surface area contributed by atoms with Gasteiger partial charge in [0.1, 0.15) is 0 Å². The van der Waals surface area contributed by atoms with Gasteiger partial charge in [0.15, 0.2) is 5.78 Å². The standard InChI is InChI=1S/C18H23NO/c1-2-8-18(20)17-12-14-19(15-17)13-7-6-11-16-9-4-3-5-10-16/h3-5,9-10,12,14-15H,2,6-8,11,13H2,1H3. The van der Waals surface area contributed by atoms with E-state index in [-0.39, 0.29) is 5.78 Å². The molecule has 2 nitrogen and oxygen atoms in total. The van der Waals surface area contributed by atoms with Gasteiger partial charge in [0.25, 0.3) is 0 Å². The first kappa shape index (κ1) is 14.6. The minimum Gasteiger partial charge on any atom is -0.354 e. The van der Waals surface area contributed by atoms with Gasteiger partial charge in [-0.05, 0) is 37.3 Å². The van der Waals surface area contributed by atoms with E-state index in [2.05, 4.69) is 34.9 Å². The highest BCUT2D eigenvalue weighted by molar-refractivity contribution is 5.95. The van der Waals surface area contributed by atoms with Gasteiger partial charge < -0.3 is 4.57 Å². The van der Waals surface area contributed by atoms with Crippen LogP contribution in [0.4, 0.5) is 0 Å². The number of rotatable bonds is 8. The third-order valence-corrected chi connectivity index (χ3v) is 3.52. The monoisotopic (exact) mass is 269 g/mol. The first-order valence-electron chi connectivity index (χ1n) is 7.52. The predicted molar refractivity (Wildman–Crippen MR) is 83.1 cm³/mol. The second-order valence-electron chi connectivity index (χ2n) is 5.25. The minimum absolute atomic E-state index is 0.260. The number of hydrogen-bond donors (Lipinski definition) is 0. The average molecular weight is 269 g/mol. The highest BCUT2D eigenvalue weighted by atomic mass is 16.1. The SMILES string of the molecule is CCCC(=O)c1ccn(CCCCc2ccccc2)c1. The number of unbranched alkanes of at least 4 members (excludes halogenated alkanes) is 1. The summed E-state index contributed by atoms with van der Waals surface area (Å²) in [5, 5.41) is 0. The Balaban J connectivity index is 1.73. The van der Waals surface area contributed by atoms with Gasteiger partial charge in [-0.2, -0.15) is 0 Å². The van der Waals surface area contributed by atoms with Crippen LogP contribution in [0.25, 0.3) is 0 Å². The summed E-state index contributed by atoms with van der Waals surface area (Å²) in [7, 11) is 0. The van der Waals surface area contributed by atoms with E-state index < -0.39 is 0 Å². The molecule has 1 heterocycles. The van der Waals surface area contributed by atoms with E-state index in [4.69, 9.17) is 0 Å². The summed E-state index contributed by atoms with van der Waals surface area (Å²) in [4.78, 5) is 11.8. The molecule has 0 atom stereocenters. The fraction of sp³-hybridized carbons (Fsp3) is 0.389. The van der Waals surface area contributed by atoms with E-state index >= 15 is 0 Å². The Morgan fingerprint density at radius 3 is 2.65 bits per heavy atom. The molecule has 0 spiro atoms. The molecular formula is C18H23NO. The summed E-state index contributed by atoms with van der Waals surface area (Å²) in [6, 6.07) is 12.5. The lowest BCUT2D eigenvalue weighted by Gasteiger charge is -2.03. The van der Waals surface area contributed by atoms with E-state index in [0.29, 0.717) is 6.42 Å². The second kappa shape index (κ2) is 7.68. The van der Waals surface area contributed by atoms with Crippen LogP contribution >= 0.6 is 0 Å². The lowest BCUT2D eigenvalue weighted by molar-refractivity contribution is 0.0981. The molecule has 0 amide bonds. The quantitative estimate of drug-likeness (QED) is 0.511. The molecule has 0 radical (unpaired) electrons. The van der Waals surface area contributed by atoms with E-state index in [1.807, 2.05) is 25.4 Å². The van der Waals surface area contributed by atoms with Gasteiger partial charge in [-0.1, -0.05) is 37.3 Å². The van der Waals surface area contributed by atoms with Gasteiger partial charge in [-0.25, -0.2) is 0 Å². The Labute approximate surface area is 121 Å². The smallest absolute Gasteiger partial charge is 0.164 e. The Hall–Kier alpha value is -1.83. The normalized spacial score (nSPS) is 10.7. The lowest BCUT2D eigenvalue weighted by atomic mass is 10.1. The van der Waals surface area contributed by atoms with E-state index in [9.17, 15) is 4.79 Å². The van der Waals surface area contributed by atoms with Crippen molar-refractivity contribution in [2.45, 2.75) is 45.6 Å². The first-order valence-corrected chi connectivity index (χ1v) is 7.52. The van der Waals surface area contributed by atoms with Gasteiger partial charge in [0.2, 0.25) is 0 Å². The lowest BCUT2D eigenvalue weighted by Crippen LogP contribution is -1.98. The molecule has 0 N–H and O–H groups in total. The van der Waals surface area contributed by atoms with Crippen LogP contribution in [0, 0.1) is 0 Å². The van der Waals surface area contributed by atoms with Crippen LogP contribution in [0.5, 0.6) is 0 Å². The Kier molecular flexibility index (Phi) is 5.60. The van der Waals surface area contributed by atoms with E-state index in [0.717, 1.165) is 31.4 Å². The maximum Gasteiger partial charge on any atom is 0.164 e. The fourth-order valence-electron chi connectivity index (χ4n) is 2.38. The first-order chi connectivity index (χ1) is 9.79. The summed E-state index contributed by atoms with van der Waals surface area (Å²) in [5.74, 6) is 0.260. The van der Waals surface area contributed by atoms with Crippen molar-refractivity contribution in [2.24, 2.45) is 0 Å². The maximum atomic E-state index is 11.8. The predicted octanol–water partition coefficient (Wildman–Crippen LogP) is 4.49. The van der Waals surface area contributed by atoms with E-state index in [1.54, 1.807) is 0 Å². The molecule has 0 bridgehead atoms. The summed E-state index contributed by atoms with van der Waals surface area (Å²) >= 11 is 0. The van der Waals surface area contributed by atoms with Crippen molar-refractivity contribution in [2.75, 3.05) is 0 Å². The highest BCUT2D eigenvalue weighted by Crippen LogP contribution is 2.09. The zero-order chi connectivity index (χ0) is 14.2. The molecule has 0 aliphatic carbocycles. The molecule has 0 fully saturated rings. The van der Waals surface area contributed by atoms with Crippen LogP contribution in [0.2, 0.25) is 0 Å². The zero-order valence-corrected chi connectivity index (χ0v) is 12.2. The Morgan fingerprint density at radius 2 is 1.90 bits per heavy atom. The zero-order valence-electron chi connectivity index (χ0n) is 12.2. The molecule has 0 saturated carbocycles. The number of nitrogens with zero attached hydrogens (tertiary/aromatic N) is 1. The number of aromatic nitrogens is 1. The summed E-state index contributed by atoms with van der Waals surface area (Å²) in [5.41, 5.74) is 2.26. The van der Waals surface area contributed by atoms with Crippen molar-refractivity contribution in [1.82, 2.24) is 4.57 Å². The van der Waals surface area contributed by atoms with Crippen molar-refractivity contribution >= 4 is 5.78 Å². The number of Topliss-reactive ketones (excluding diaryl/α,β-unsaturated/α-hetero) is 1.